The third-order valence-electron chi connectivity index (χ3n) is 2.82. The smallest absolute Gasteiger partial charge is 0.338 e. The van der Waals surface area contributed by atoms with Crippen molar-refractivity contribution in [3.05, 3.63) is 60.7 Å². The second-order valence-corrected chi connectivity index (χ2v) is 4.40. The number of benzene rings is 2. The monoisotopic (exact) mass is 268 g/mol. The van der Waals surface area contributed by atoms with E-state index in [0.717, 1.165) is 11.1 Å². The van der Waals surface area contributed by atoms with Crippen molar-refractivity contribution in [3.63, 3.8) is 0 Å². The van der Waals surface area contributed by atoms with E-state index in [1.807, 2.05) is 36.4 Å². The van der Waals surface area contributed by atoms with Crippen molar-refractivity contribution < 1.29 is 14.3 Å². The van der Waals surface area contributed by atoms with Crippen LogP contribution in [0.15, 0.2) is 60.7 Å². The Labute approximate surface area is 118 Å². The number of hydrogen-bond donors (Lipinski definition) is 0. The molecular weight excluding hydrogens is 252 g/mol. The highest BCUT2D eigenvalue weighted by Gasteiger charge is 2.12. The Morgan fingerprint density at radius 2 is 1.80 bits per heavy atom. The average Bonchev–Trinajstić information content (AvgIpc) is 2.48. The zero-order chi connectivity index (χ0) is 14.5. The molecule has 0 aliphatic heterocycles. The molecular formula is C17H16O3. The standard InChI is InChI=1S/C17H16O3/c1-12(2)17(18)20-16-10-9-14(19-3)11-15(16)13-7-5-4-6-8-13/h4-11H,1H2,2-3H3. The van der Waals surface area contributed by atoms with Gasteiger partial charge in [-0.3, -0.25) is 0 Å². The first-order valence-corrected chi connectivity index (χ1v) is 6.23. The third kappa shape index (κ3) is 3.06. The van der Waals surface area contributed by atoms with Crippen molar-refractivity contribution in [3.8, 4) is 22.6 Å². The minimum Gasteiger partial charge on any atom is -0.497 e. The van der Waals surface area contributed by atoms with E-state index in [4.69, 9.17) is 9.47 Å². The number of esters is 1. The van der Waals surface area contributed by atoms with E-state index in [0.29, 0.717) is 17.1 Å². The molecule has 0 saturated heterocycles. The molecule has 0 atom stereocenters. The van der Waals surface area contributed by atoms with Crippen molar-refractivity contribution in [2.24, 2.45) is 0 Å². The van der Waals surface area contributed by atoms with Crippen molar-refractivity contribution in [1.29, 1.82) is 0 Å². The lowest BCUT2D eigenvalue weighted by Gasteiger charge is -2.12. The summed E-state index contributed by atoms with van der Waals surface area (Å²) in [7, 11) is 1.60. The van der Waals surface area contributed by atoms with Gasteiger partial charge in [0.05, 0.1) is 7.11 Å². The number of rotatable bonds is 4. The lowest BCUT2D eigenvalue weighted by Crippen LogP contribution is -2.09. The van der Waals surface area contributed by atoms with Crippen LogP contribution in [0.25, 0.3) is 11.1 Å². The van der Waals surface area contributed by atoms with Crippen molar-refractivity contribution >= 4 is 5.97 Å². The first-order chi connectivity index (χ1) is 9.61. The van der Waals surface area contributed by atoms with E-state index in [-0.39, 0.29) is 0 Å². The maximum absolute atomic E-state index is 11.7. The highest BCUT2D eigenvalue weighted by Crippen LogP contribution is 2.33. The van der Waals surface area contributed by atoms with Crippen LogP contribution in [0.1, 0.15) is 6.92 Å². The normalized spacial score (nSPS) is 9.90. The summed E-state index contributed by atoms with van der Waals surface area (Å²) in [6, 6.07) is 15.0. The zero-order valence-corrected chi connectivity index (χ0v) is 11.6. The van der Waals surface area contributed by atoms with Gasteiger partial charge in [-0.05, 0) is 30.7 Å². The van der Waals surface area contributed by atoms with Gasteiger partial charge in [0.15, 0.2) is 0 Å². The molecule has 0 aliphatic carbocycles. The Morgan fingerprint density at radius 3 is 2.40 bits per heavy atom. The number of ether oxygens (including phenoxy) is 2. The molecule has 2 aromatic carbocycles. The highest BCUT2D eigenvalue weighted by molar-refractivity contribution is 5.90. The van der Waals surface area contributed by atoms with Crippen LogP contribution in [-0.2, 0) is 4.79 Å². The lowest BCUT2D eigenvalue weighted by molar-refractivity contribution is -0.130. The SMILES string of the molecule is C=C(C)C(=O)Oc1ccc(OC)cc1-c1ccccc1. The molecule has 2 rings (SSSR count). The molecule has 0 amide bonds. The minimum absolute atomic E-state index is 0.361. The summed E-state index contributed by atoms with van der Waals surface area (Å²) in [4.78, 5) is 11.7. The predicted octanol–water partition coefficient (Wildman–Crippen LogP) is 3.84. The summed E-state index contributed by atoms with van der Waals surface area (Å²) in [6.45, 7) is 5.21. The Kier molecular flexibility index (Phi) is 4.20. The van der Waals surface area contributed by atoms with Gasteiger partial charge in [-0.1, -0.05) is 36.9 Å². The van der Waals surface area contributed by atoms with E-state index < -0.39 is 5.97 Å². The summed E-state index contributed by atoms with van der Waals surface area (Å²) >= 11 is 0. The number of carbonyl (C=O) groups excluding carboxylic acids is 1. The summed E-state index contributed by atoms with van der Waals surface area (Å²) in [5, 5.41) is 0. The van der Waals surface area contributed by atoms with E-state index in [1.165, 1.54) is 0 Å². The molecule has 0 radical (unpaired) electrons. The summed E-state index contributed by atoms with van der Waals surface area (Å²) in [6.07, 6.45) is 0. The van der Waals surface area contributed by atoms with E-state index in [2.05, 4.69) is 6.58 Å². The van der Waals surface area contributed by atoms with Crippen molar-refractivity contribution in [1.82, 2.24) is 0 Å². The second kappa shape index (κ2) is 6.06. The molecule has 3 heteroatoms. The molecule has 0 bridgehead atoms. The Bertz CT molecular complexity index is 630. The van der Waals surface area contributed by atoms with Gasteiger partial charge in [-0.25, -0.2) is 4.79 Å². The highest BCUT2D eigenvalue weighted by atomic mass is 16.5. The van der Waals surface area contributed by atoms with Gasteiger partial charge < -0.3 is 9.47 Å². The van der Waals surface area contributed by atoms with Gasteiger partial charge in [0.25, 0.3) is 0 Å². The molecule has 20 heavy (non-hydrogen) atoms. The molecule has 0 saturated carbocycles. The second-order valence-electron chi connectivity index (χ2n) is 4.40. The quantitative estimate of drug-likeness (QED) is 0.480. The largest absolute Gasteiger partial charge is 0.497 e. The van der Waals surface area contributed by atoms with Crippen LogP contribution < -0.4 is 9.47 Å². The first kappa shape index (κ1) is 13.9. The van der Waals surface area contributed by atoms with Gasteiger partial charge in [0, 0.05) is 11.1 Å². The third-order valence-corrected chi connectivity index (χ3v) is 2.82. The summed E-state index contributed by atoms with van der Waals surface area (Å²) < 4.78 is 10.6. The zero-order valence-electron chi connectivity index (χ0n) is 11.6. The minimum atomic E-state index is -0.438. The van der Waals surface area contributed by atoms with Gasteiger partial charge in [-0.2, -0.15) is 0 Å². The molecule has 0 spiro atoms. The number of hydrogen-bond acceptors (Lipinski definition) is 3. The Morgan fingerprint density at radius 1 is 1.10 bits per heavy atom. The van der Waals surface area contributed by atoms with Gasteiger partial charge >= 0.3 is 5.97 Å². The molecule has 0 aliphatic rings. The Balaban J connectivity index is 2.46. The Hall–Kier alpha value is -2.55. The van der Waals surface area contributed by atoms with E-state index >= 15 is 0 Å². The summed E-state index contributed by atoms with van der Waals surface area (Å²) in [5.74, 6) is 0.760. The molecule has 0 N–H and O–H groups in total. The van der Waals surface area contributed by atoms with Gasteiger partial charge in [0.2, 0.25) is 0 Å². The maximum Gasteiger partial charge on any atom is 0.338 e. The molecule has 0 aromatic heterocycles. The summed E-state index contributed by atoms with van der Waals surface area (Å²) in [5.41, 5.74) is 2.12. The maximum atomic E-state index is 11.7. The van der Waals surface area contributed by atoms with Crippen LogP contribution in [0.4, 0.5) is 0 Å². The molecule has 0 heterocycles. The number of carbonyl (C=O) groups is 1. The lowest BCUT2D eigenvalue weighted by atomic mass is 10.0. The van der Waals surface area contributed by atoms with E-state index in [9.17, 15) is 4.79 Å². The van der Waals surface area contributed by atoms with Crippen molar-refractivity contribution in [2.75, 3.05) is 7.11 Å². The molecule has 0 unspecified atom stereocenters. The van der Waals surface area contributed by atoms with Crippen LogP contribution in [0.2, 0.25) is 0 Å². The molecule has 2 aromatic rings. The first-order valence-electron chi connectivity index (χ1n) is 6.23. The molecule has 3 nitrogen and oxygen atoms in total. The van der Waals surface area contributed by atoms with Crippen LogP contribution in [-0.4, -0.2) is 13.1 Å². The average molecular weight is 268 g/mol. The van der Waals surface area contributed by atoms with Crippen molar-refractivity contribution in [2.45, 2.75) is 6.92 Å². The fourth-order valence-corrected chi connectivity index (χ4v) is 1.76. The topological polar surface area (TPSA) is 35.5 Å². The van der Waals surface area contributed by atoms with Crippen LogP contribution in [0.3, 0.4) is 0 Å². The fraction of sp³-hybridized carbons (Fsp3) is 0.118. The fourth-order valence-electron chi connectivity index (χ4n) is 1.76. The molecule has 0 fully saturated rings. The predicted molar refractivity (Wildman–Crippen MR) is 78.9 cm³/mol. The van der Waals surface area contributed by atoms with Crippen LogP contribution >= 0.6 is 0 Å². The van der Waals surface area contributed by atoms with Gasteiger partial charge in [-0.15, -0.1) is 0 Å². The van der Waals surface area contributed by atoms with Crippen LogP contribution in [0.5, 0.6) is 11.5 Å². The van der Waals surface area contributed by atoms with E-state index in [1.54, 1.807) is 26.2 Å². The van der Waals surface area contributed by atoms with Gasteiger partial charge in [0.1, 0.15) is 11.5 Å². The molecule has 102 valence electrons. The van der Waals surface area contributed by atoms with Crippen LogP contribution in [0, 0.1) is 0 Å². The number of methoxy groups -OCH3 is 1.